The normalized spacial score (nSPS) is 23.9. The predicted octanol–water partition coefficient (Wildman–Crippen LogP) is 3.67. The minimum atomic E-state index is -0.586. The van der Waals surface area contributed by atoms with Crippen molar-refractivity contribution in [3.05, 3.63) is 0 Å². The van der Waals surface area contributed by atoms with Gasteiger partial charge in [-0.25, -0.2) is 0 Å². The van der Waals surface area contributed by atoms with Gasteiger partial charge < -0.3 is 20.0 Å². The van der Waals surface area contributed by atoms with Crippen LogP contribution in [0.2, 0.25) is 0 Å². The summed E-state index contributed by atoms with van der Waals surface area (Å²) in [6.07, 6.45) is 8.27. The molecule has 4 heterocycles. The molecule has 0 spiro atoms. The molecular weight excluding hydrogens is 452 g/mol. The van der Waals surface area contributed by atoms with E-state index in [0.717, 1.165) is 44.5 Å². The highest BCUT2D eigenvalue weighted by atomic mass is 16.2. The number of piperazine rings is 1. The SMILES string of the molecule is CCC(C)C(CN1CC(C)(C)NC(C)(C)C1=O)Nc1nc(N2CCCCC2)nc(N2CCCCC2)n1. The fraction of sp³-hybridized carbons (Fsp3) is 0.852. The Kier molecular flexibility index (Phi) is 8.27. The van der Waals surface area contributed by atoms with Crippen LogP contribution in [0, 0.1) is 5.92 Å². The van der Waals surface area contributed by atoms with Crippen molar-refractivity contribution in [1.29, 1.82) is 0 Å². The van der Waals surface area contributed by atoms with E-state index in [1.165, 1.54) is 38.5 Å². The number of nitrogens with zero attached hydrogens (tertiary/aromatic N) is 6. The van der Waals surface area contributed by atoms with Crippen LogP contribution >= 0.6 is 0 Å². The van der Waals surface area contributed by atoms with Crippen LogP contribution in [0.1, 0.15) is 86.5 Å². The van der Waals surface area contributed by atoms with Crippen LogP contribution in [0.5, 0.6) is 0 Å². The van der Waals surface area contributed by atoms with Gasteiger partial charge in [-0.15, -0.1) is 0 Å². The number of hydrogen-bond acceptors (Lipinski definition) is 8. The molecule has 1 amide bonds. The lowest BCUT2D eigenvalue weighted by atomic mass is 9.89. The van der Waals surface area contributed by atoms with E-state index in [9.17, 15) is 4.79 Å². The van der Waals surface area contributed by atoms with Gasteiger partial charge in [0.2, 0.25) is 23.8 Å². The van der Waals surface area contributed by atoms with Crippen molar-refractivity contribution in [3.63, 3.8) is 0 Å². The van der Waals surface area contributed by atoms with Crippen LogP contribution in [0.15, 0.2) is 0 Å². The summed E-state index contributed by atoms with van der Waals surface area (Å²) in [6, 6.07) is 0.0504. The van der Waals surface area contributed by atoms with E-state index in [1.807, 2.05) is 18.7 Å². The van der Waals surface area contributed by atoms with Gasteiger partial charge in [0, 0.05) is 50.8 Å². The number of anilines is 3. The highest BCUT2D eigenvalue weighted by Gasteiger charge is 2.44. The third-order valence-electron chi connectivity index (χ3n) is 8.01. The first kappa shape index (κ1) is 26.9. The molecule has 3 saturated heterocycles. The lowest BCUT2D eigenvalue weighted by Crippen LogP contribution is -2.70. The summed E-state index contributed by atoms with van der Waals surface area (Å²) in [4.78, 5) is 34.8. The Morgan fingerprint density at radius 1 is 0.889 bits per heavy atom. The van der Waals surface area contributed by atoms with E-state index >= 15 is 0 Å². The van der Waals surface area contributed by atoms with Crippen molar-refractivity contribution < 1.29 is 4.79 Å². The molecule has 36 heavy (non-hydrogen) atoms. The van der Waals surface area contributed by atoms with Crippen molar-refractivity contribution in [2.45, 2.75) is 104 Å². The van der Waals surface area contributed by atoms with E-state index in [4.69, 9.17) is 15.0 Å². The molecule has 2 unspecified atom stereocenters. The maximum atomic E-state index is 13.3. The largest absolute Gasteiger partial charge is 0.349 e. The van der Waals surface area contributed by atoms with Gasteiger partial charge in [0.15, 0.2) is 0 Å². The number of hydrogen-bond donors (Lipinski definition) is 2. The maximum Gasteiger partial charge on any atom is 0.242 e. The van der Waals surface area contributed by atoms with Crippen LogP contribution in [-0.2, 0) is 4.79 Å². The number of amides is 1. The average Bonchev–Trinajstić information content (AvgIpc) is 2.86. The molecule has 0 aliphatic carbocycles. The summed E-state index contributed by atoms with van der Waals surface area (Å²) in [5.74, 6) is 2.72. The number of nitrogens with one attached hydrogen (secondary N) is 2. The molecule has 0 saturated carbocycles. The van der Waals surface area contributed by atoms with Gasteiger partial charge in [0.25, 0.3) is 0 Å². The Morgan fingerprint density at radius 2 is 1.42 bits per heavy atom. The Balaban J connectivity index is 1.60. The molecule has 0 radical (unpaired) electrons. The molecule has 1 aromatic rings. The number of piperidine rings is 2. The molecule has 9 nitrogen and oxygen atoms in total. The van der Waals surface area contributed by atoms with Gasteiger partial charge >= 0.3 is 0 Å². The van der Waals surface area contributed by atoms with Crippen molar-refractivity contribution in [3.8, 4) is 0 Å². The Hall–Kier alpha value is -2.16. The van der Waals surface area contributed by atoms with Crippen LogP contribution in [0.25, 0.3) is 0 Å². The molecule has 2 N–H and O–H groups in total. The van der Waals surface area contributed by atoms with Gasteiger partial charge in [-0.1, -0.05) is 20.3 Å². The monoisotopic (exact) mass is 500 g/mol. The molecule has 2 atom stereocenters. The third kappa shape index (κ3) is 6.39. The molecule has 0 bridgehead atoms. The average molecular weight is 501 g/mol. The van der Waals surface area contributed by atoms with E-state index in [-0.39, 0.29) is 17.5 Å². The van der Waals surface area contributed by atoms with Crippen LogP contribution in [0.3, 0.4) is 0 Å². The lowest BCUT2D eigenvalue weighted by molar-refractivity contribution is -0.143. The molecular formula is C27H48N8O. The third-order valence-corrected chi connectivity index (χ3v) is 8.01. The predicted molar refractivity (Wildman–Crippen MR) is 147 cm³/mol. The lowest BCUT2D eigenvalue weighted by Gasteiger charge is -2.48. The molecule has 4 rings (SSSR count). The fourth-order valence-corrected chi connectivity index (χ4v) is 5.98. The molecule has 3 fully saturated rings. The Labute approximate surface area is 217 Å². The highest BCUT2D eigenvalue weighted by Crippen LogP contribution is 2.26. The molecule has 9 heteroatoms. The number of carbonyl (C=O) groups is 1. The zero-order chi connectivity index (χ0) is 25.9. The van der Waals surface area contributed by atoms with Gasteiger partial charge in [0.05, 0.1) is 5.54 Å². The number of carbonyl (C=O) groups excluding carboxylic acids is 1. The molecule has 1 aromatic heterocycles. The summed E-state index contributed by atoms with van der Waals surface area (Å²) in [5.41, 5.74) is -0.731. The summed E-state index contributed by atoms with van der Waals surface area (Å²) in [7, 11) is 0. The summed E-state index contributed by atoms with van der Waals surface area (Å²) < 4.78 is 0. The minimum absolute atomic E-state index is 0.0504. The second-order valence-corrected chi connectivity index (χ2v) is 12.3. The van der Waals surface area contributed by atoms with Crippen molar-refractivity contribution in [1.82, 2.24) is 25.2 Å². The van der Waals surface area contributed by atoms with Gasteiger partial charge in [-0.05, 0) is 72.1 Å². The van der Waals surface area contributed by atoms with Crippen molar-refractivity contribution in [2.75, 3.05) is 54.4 Å². The molecule has 3 aliphatic rings. The fourth-order valence-electron chi connectivity index (χ4n) is 5.98. The molecule has 0 aromatic carbocycles. The summed E-state index contributed by atoms with van der Waals surface area (Å²) in [6.45, 7) is 18.1. The van der Waals surface area contributed by atoms with Crippen molar-refractivity contribution in [2.24, 2.45) is 5.92 Å². The van der Waals surface area contributed by atoms with E-state index in [0.29, 0.717) is 25.0 Å². The van der Waals surface area contributed by atoms with Gasteiger partial charge in [0.1, 0.15) is 0 Å². The smallest absolute Gasteiger partial charge is 0.242 e. The first-order chi connectivity index (χ1) is 17.1. The zero-order valence-corrected chi connectivity index (χ0v) is 23.4. The second kappa shape index (κ2) is 11.1. The molecule has 3 aliphatic heterocycles. The van der Waals surface area contributed by atoms with Crippen LogP contribution in [-0.4, -0.2) is 82.1 Å². The quantitative estimate of drug-likeness (QED) is 0.559. The van der Waals surface area contributed by atoms with E-state index in [1.54, 1.807) is 0 Å². The highest BCUT2D eigenvalue weighted by molar-refractivity contribution is 5.86. The minimum Gasteiger partial charge on any atom is -0.349 e. The van der Waals surface area contributed by atoms with E-state index in [2.05, 4.69) is 48.1 Å². The summed E-state index contributed by atoms with van der Waals surface area (Å²) in [5, 5.41) is 7.19. The van der Waals surface area contributed by atoms with E-state index < -0.39 is 5.54 Å². The first-order valence-electron chi connectivity index (χ1n) is 14.2. The second-order valence-electron chi connectivity index (χ2n) is 12.3. The van der Waals surface area contributed by atoms with Gasteiger partial charge in [-0.3, -0.25) is 10.1 Å². The Bertz CT molecular complexity index is 856. The Morgan fingerprint density at radius 3 is 1.92 bits per heavy atom. The number of rotatable bonds is 8. The van der Waals surface area contributed by atoms with Gasteiger partial charge in [-0.2, -0.15) is 15.0 Å². The standard InChI is InChI=1S/C27H48N8O/c1-7-20(2)21(18-35-19-26(3,4)32-27(5,6)22(35)36)28-23-29-24(33-14-10-8-11-15-33)31-25(30-23)34-16-12-9-13-17-34/h20-21,32H,7-19H2,1-6H3,(H,28,29,30,31). The van der Waals surface area contributed by atoms with Crippen LogP contribution < -0.4 is 20.4 Å². The topological polar surface area (TPSA) is 89.5 Å². The number of aromatic nitrogens is 3. The van der Waals surface area contributed by atoms with Crippen LogP contribution in [0.4, 0.5) is 17.8 Å². The summed E-state index contributed by atoms with van der Waals surface area (Å²) >= 11 is 0. The van der Waals surface area contributed by atoms with Crippen molar-refractivity contribution >= 4 is 23.8 Å². The maximum absolute atomic E-state index is 13.3. The zero-order valence-electron chi connectivity index (χ0n) is 23.4. The first-order valence-corrected chi connectivity index (χ1v) is 14.2. The molecule has 202 valence electrons.